The molecule has 6 aromatic rings. The van der Waals surface area contributed by atoms with Crippen LogP contribution in [0, 0.1) is 0 Å². The van der Waals surface area contributed by atoms with Crippen LogP contribution in [-0.4, -0.2) is 24.9 Å². The van der Waals surface area contributed by atoms with Gasteiger partial charge in [0.2, 0.25) is 7.28 Å². The van der Waals surface area contributed by atoms with Gasteiger partial charge in [0.25, 0.3) is 0 Å². The summed E-state index contributed by atoms with van der Waals surface area (Å²) in [5.74, 6) is 0. The first kappa shape index (κ1) is 29.4. The summed E-state index contributed by atoms with van der Waals surface area (Å²) < 4.78 is 2.37. The second-order valence-corrected chi connectivity index (χ2v) is 16.3. The van der Waals surface area contributed by atoms with E-state index < -0.39 is 8.07 Å². The van der Waals surface area contributed by atoms with Gasteiger partial charge in [0, 0.05) is 18.6 Å². The van der Waals surface area contributed by atoms with E-state index in [0.29, 0.717) is 0 Å². The van der Waals surface area contributed by atoms with E-state index in [-0.39, 0.29) is 5.41 Å². The van der Waals surface area contributed by atoms with Gasteiger partial charge >= 0.3 is 0 Å². The highest BCUT2D eigenvalue weighted by Crippen LogP contribution is 2.22. The lowest BCUT2D eigenvalue weighted by molar-refractivity contribution is 0.590. The number of rotatable bonds is 9. The summed E-state index contributed by atoms with van der Waals surface area (Å²) in [6, 6.07) is 52.8. The summed E-state index contributed by atoms with van der Waals surface area (Å²) >= 11 is 0. The molecular formula is C40H38BN2Si. The molecule has 0 saturated carbocycles. The maximum Gasteiger partial charge on any atom is 0.241 e. The first-order valence-corrected chi connectivity index (χ1v) is 17.5. The van der Waals surface area contributed by atoms with Crippen LogP contribution in [0.2, 0.25) is 0 Å². The van der Waals surface area contributed by atoms with Crippen molar-refractivity contribution in [1.29, 1.82) is 0 Å². The standard InChI is InChI=1S/C40H38BN2Si/c1-40(2,3)34-24-26-37(27-25-34)44(35-20-12-6-13-21-35,36-22-14-7-15-23-36)31-43-29-28-42-39(43)41-38(33-18-10-5-11-19-33)30-32-16-8-4-9-17-32/h4-30H,31H2,1-3H3. The Labute approximate surface area is 264 Å². The Bertz CT molecular complexity index is 1770. The molecule has 0 aliphatic carbocycles. The third-order valence-electron chi connectivity index (χ3n) is 8.45. The molecule has 0 atom stereocenters. The zero-order valence-corrected chi connectivity index (χ0v) is 26.8. The van der Waals surface area contributed by atoms with Crippen molar-refractivity contribution in [3.8, 4) is 0 Å². The Kier molecular flexibility index (Phi) is 8.63. The van der Waals surface area contributed by atoms with Gasteiger partial charge in [0.05, 0.1) is 5.72 Å². The Balaban J connectivity index is 1.49. The molecule has 1 radical (unpaired) electrons. The number of imidazole rings is 1. The van der Waals surface area contributed by atoms with E-state index in [1.807, 2.05) is 6.20 Å². The van der Waals surface area contributed by atoms with Crippen molar-refractivity contribution >= 4 is 48.2 Å². The molecule has 1 aromatic heterocycles. The van der Waals surface area contributed by atoms with Crippen LogP contribution in [0.5, 0.6) is 0 Å². The zero-order chi connectivity index (χ0) is 30.4. The molecule has 6 rings (SSSR count). The third-order valence-corrected chi connectivity index (χ3v) is 13.2. The average molecular weight is 586 g/mol. The molecular weight excluding hydrogens is 547 g/mol. The summed E-state index contributed by atoms with van der Waals surface area (Å²) in [5.41, 5.74) is 5.85. The molecule has 0 saturated heterocycles. The van der Waals surface area contributed by atoms with Gasteiger partial charge in [-0.15, -0.1) is 0 Å². The second kappa shape index (κ2) is 12.9. The predicted octanol–water partition coefficient (Wildman–Crippen LogP) is 6.42. The molecule has 215 valence electrons. The fourth-order valence-electron chi connectivity index (χ4n) is 6.03. The topological polar surface area (TPSA) is 17.8 Å². The highest BCUT2D eigenvalue weighted by atomic mass is 28.3. The number of hydrogen-bond acceptors (Lipinski definition) is 1. The molecule has 0 aliphatic rings. The van der Waals surface area contributed by atoms with Crippen molar-refractivity contribution in [2.75, 3.05) is 0 Å². The van der Waals surface area contributed by atoms with Crippen LogP contribution in [0.4, 0.5) is 0 Å². The van der Waals surface area contributed by atoms with Gasteiger partial charge in [-0.25, -0.2) is 0 Å². The van der Waals surface area contributed by atoms with Gasteiger partial charge in [-0.3, -0.25) is 4.98 Å². The minimum absolute atomic E-state index is 0.0909. The molecule has 4 heteroatoms. The van der Waals surface area contributed by atoms with E-state index >= 15 is 0 Å². The van der Waals surface area contributed by atoms with Crippen LogP contribution in [0.3, 0.4) is 0 Å². The summed E-state index contributed by atoms with van der Waals surface area (Å²) in [6.45, 7) is 6.84. The van der Waals surface area contributed by atoms with Crippen molar-refractivity contribution in [3.63, 3.8) is 0 Å². The number of hydrogen-bond donors (Lipinski definition) is 0. The lowest BCUT2D eigenvalue weighted by atomic mass is 9.65. The summed E-state index contributed by atoms with van der Waals surface area (Å²) in [4.78, 5) is 4.92. The van der Waals surface area contributed by atoms with Crippen LogP contribution < -0.4 is 21.3 Å². The fraction of sp³-hybridized carbons (Fsp3) is 0.125. The molecule has 1 heterocycles. The van der Waals surface area contributed by atoms with Crippen molar-refractivity contribution in [3.05, 3.63) is 175 Å². The van der Waals surface area contributed by atoms with E-state index in [1.54, 1.807) is 0 Å². The van der Waals surface area contributed by atoms with Gasteiger partial charge in [-0.05, 0) is 37.7 Å². The smallest absolute Gasteiger partial charge is 0.241 e. The number of aromatic nitrogens is 2. The Morgan fingerprint density at radius 1 is 0.659 bits per heavy atom. The Morgan fingerprint density at radius 2 is 1.16 bits per heavy atom. The number of nitrogens with zero attached hydrogens (tertiary/aromatic N) is 2. The van der Waals surface area contributed by atoms with Crippen LogP contribution in [0.15, 0.2) is 158 Å². The number of benzene rings is 5. The second-order valence-electron chi connectivity index (χ2n) is 12.4. The maximum atomic E-state index is 4.92. The molecule has 0 amide bonds. The Morgan fingerprint density at radius 3 is 1.70 bits per heavy atom. The highest BCUT2D eigenvalue weighted by molar-refractivity contribution is 7.10. The van der Waals surface area contributed by atoms with E-state index in [2.05, 4.69) is 190 Å². The summed E-state index contributed by atoms with van der Waals surface area (Å²) in [7, 11) is -0.326. The third kappa shape index (κ3) is 6.32. The lowest BCUT2D eigenvalue weighted by Crippen LogP contribution is -2.70. The van der Waals surface area contributed by atoms with Gasteiger partial charge < -0.3 is 4.57 Å². The molecule has 0 unspecified atom stereocenters. The molecule has 0 N–H and O–H groups in total. The molecule has 0 bridgehead atoms. The summed E-state index contributed by atoms with van der Waals surface area (Å²) in [5, 5.41) is 4.17. The van der Waals surface area contributed by atoms with Gasteiger partial charge in [0.1, 0.15) is 0 Å². The average Bonchev–Trinajstić information content (AvgIpc) is 3.51. The minimum Gasteiger partial charge on any atom is -0.345 e. The minimum atomic E-state index is -2.56. The molecule has 2 nitrogen and oxygen atoms in total. The van der Waals surface area contributed by atoms with Crippen LogP contribution in [0.1, 0.15) is 37.5 Å². The molecule has 44 heavy (non-hydrogen) atoms. The predicted molar refractivity (Wildman–Crippen MR) is 191 cm³/mol. The lowest BCUT2D eigenvalue weighted by Gasteiger charge is -2.35. The zero-order valence-electron chi connectivity index (χ0n) is 25.8. The van der Waals surface area contributed by atoms with E-state index in [4.69, 9.17) is 4.98 Å². The van der Waals surface area contributed by atoms with Crippen molar-refractivity contribution in [2.45, 2.75) is 32.4 Å². The maximum absolute atomic E-state index is 4.92. The monoisotopic (exact) mass is 585 g/mol. The van der Waals surface area contributed by atoms with E-state index in [0.717, 1.165) is 22.9 Å². The van der Waals surface area contributed by atoms with Crippen LogP contribution in [-0.2, 0) is 11.6 Å². The van der Waals surface area contributed by atoms with Gasteiger partial charge in [-0.1, -0.05) is 178 Å². The van der Waals surface area contributed by atoms with Crippen molar-refractivity contribution in [2.24, 2.45) is 0 Å². The van der Waals surface area contributed by atoms with Crippen LogP contribution >= 0.6 is 0 Å². The highest BCUT2D eigenvalue weighted by Gasteiger charge is 2.40. The molecule has 5 aromatic carbocycles. The van der Waals surface area contributed by atoms with Crippen molar-refractivity contribution in [1.82, 2.24) is 9.55 Å². The molecule has 0 aliphatic heterocycles. The summed E-state index contributed by atoms with van der Waals surface area (Å²) in [6.07, 6.45) is 7.16. The van der Waals surface area contributed by atoms with Gasteiger partial charge in [0.15, 0.2) is 8.07 Å². The first-order valence-electron chi connectivity index (χ1n) is 15.3. The van der Waals surface area contributed by atoms with Crippen LogP contribution in [0.25, 0.3) is 11.5 Å². The SMILES string of the molecule is CC(C)(C)c1ccc([Si](Cn2ccnc2[B]C(=Cc2ccccc2)c2ccccc2)(c2ccccc2)c2ccccc2)cc1. The van der Waals surface area contributed by atoms with Gasteiger partial charge in [-0.2, -0.15) is 0 Å². The molecule has 0 spiro atoms. The normalized spacial score (nSPS) is 12.2. The molecule has 0 fully saturated rings. The first-order chi connectivity index (χ1) is 21.4. The van der Waals surface area contributed by atoms with Crippen molar-refractivity contribution < 1.29 is 0 Å². The van der Waals surface area contributed by atoms with E-state index in [9.17, 15) is 0 Å². The fourth-order valence-corrected chi connectivity index (χ4v) is 10.6. The largest absolute Gasteiger partial charge is 0.345 e. The quantitative estimate of drug-likeness (QED) is 0.109. The Hall–Kier alpha value is -4.67. The van der Waals surface area contributed by atoms with E-state index in [1.165, 1.54) is 26.7 Å².